The van der Waals surface area contributed by atoms with E-state index in [-0.39, 0.29) is 18.2 Å². The number of carbonyl (C=O) groups excluding carboxylic acids is 4. The molecule has 162 valence electrons. The van der Waals surface area contributed by atoms with Crippen molar-refractivity contribution in [1.82, 2.24) is 0 Å². The van der Waals surface area contributed by atoms with Gasteiger partial charge in [0.05, 0.1) is 17.0 Å². The summed E-state index contributed by atoms with van der Waals surface area (Å²) < 4.78 is 5.08. The lowest BCUT2D eigenvalue weighted by Crippen LogP contribution is -2.40. The third-order valence-electron chi connectivity index (χ3n) is 5.13. The third kappa shape index (κ3) is 4.59. The molecule has 2 aliphatic rings. The highest BCUT2D eigenvalue weighted by Crippen LogP contribution is 2.38. The topological polar surface area (TPSA) is 119 Å². The molecule has 1 aliphatic carbocycles. The summed E-state index contributed by atoms with van der Waals surface area (Å²) in [6, 6.07) is 7.31. The van der Waals surface area contributed by atoms with Gasteiger partial charge in [0.1, 0.15) is 11.5 Å². The minimum Gasteiger partial charge on any atom is -0.454 e. The number of thioether (sulfide) groups is 1. The van der Waals surface area contributed by atoms with E-state index in [1.807, 2.05) is 12.1 Å². The van der Waals surface area contributed by atoms with Crippen molar-refractivity contribution >= 4 is 57.5 Å². The van der Waals surface area contributed by atoms with Crippen molar-refractivity contribution in [2.45, 2.75) is 30.6 Å². The maximum absolute atomic E-state index is 12.3. The molecule has 3 N–H and O–H groups in total. The molecule has 31 heavy (non-hydrogen) atoms. The van der Waals surface area contributed by atoms with Gasteiger partial charge in [0, 0.05) is 9.77 Å². The molecule has 0 atom stereocenters. The first-order valence-electron chi connectivity index (χ1n) is 9.86. The molecule has 3 amide bonds. The molecule has 8 nitrogen and oxygen atoms in total. The van der Waals surface area contributed by atoms with Crippen LogP contribution in [0.25, 0.3) is 0 Å². The number of thiophene rings is 1. The quantitative estimate of drug-likeness (QED) is 0.640. The van der Waals surface area contributed by atoms with Crippen molar-refractivity contribution < 1.29 is 23.9 Å². The first-order chi connectivity index (χ1) is 14.9. The number of rotatable bonds is 6. The van der Waals surface area contributed by atoms with Crippen molar-refractivity contribution in [3.05, 3.63) is 40.3 Å². The van der Waals surface area contributed by atoms with Gasteiger partial charge in [-0.15, -0.1) is 23.1 Å². The van der Waals surface area contributed by atoms with Gasteiger partial charge in [0.15, 0.2) is 6.61 Å². The second-order valence-electron chi connectivity index (χ2n) is 7.22. The molecule has 0 fully saturated rings. The second kappa shape index (κ2) is 9.11. The molecule has 10 heteroatoms. The molecule has 2 heterocycles. The Hall–Kier alpha value is -2.85. The summed E-state index contributed by atoms with van der Waals surface area (Å²) in [5.74, 6) is -1.78. The van der Waals surface area contributed by atoms with Gasteiger partial charge in [0.2, 0.25) is 5.91 Å². The molecule has 0 radical (unpaired) electrons. The van der Waals surface area contributed by atoms with Crippen LogP contribution >= 0.6 is 23.1 Å². The van der Waals surface area contributed by atoms with Crippen molar-refractivity contribution in [2.75, 3.05) is 29.1 Å². The maximum atomic E-state index is 12.3. The Labute approximate surface area is 187 Å². The molecule has 4 rings (SSSR count). The van der Waals surface area contributed by atoms with Crippen LogP contribution in [0, 0.1) is 0 Å². The van der Waals surface area contributed by atoms with E-state index >= 15 is 0 Å². The molecule has 0 bridgehead atoms. The van der Waals surface area contributed by atoms with Crippen LogP contribution in [0.4, 0.5) is 10.7 Å². The lowest BCUT2D eigenvalue weighted by molar-refractivity contribution is -0.146. The number of primary amides is 1. The van der Waals surface area contributed by atoms with Crippen LogP contribution in [0.5, 0.6) is 0 Å². The van der Waals surface area contributed by atoms with Crippen molar-refractivity contribution in [3.8, 4) is 0 Å². The van der Waals surface area contributed by atoms with Crippen molar-refractivity contribution in [3.63, 3.8) is 0 Å². The lowest BCUT2D eigenvalue weighted by atomic mass is 9.95. The van der Waals surface area contributed by atoms with Gasteiger partial charge in [-0.25, -0.2) is 0 Å². The largest absolute Gasteiger partial charge is 0.454 e. The predicted molar refractivity (Wildman–Crippen MR) is 119 cm³/mol. The number of nitrogens with one attached hydrogen (secondary N) is 1. The maximum Gasteiger partial charge on any atom is 0.326 e. The zero-order valence-electron chi connectivity index (χ0n) is 16.6. The Balaban J connectivity index is 1.37. The number of fused-ring (bicyclic) bond motifs is 2. The van der Waals surface area contributed by atoms with Crippen LogP contribution in [-0.4, -0.2) is 42.6 Å². The first-order valence-corrected chi connectivity index (χ1v) is 11.7. The number of amides is 3. The van der Waals surface area contributed by atoms with Crippen LogP contribution in [-0.2, 0) is 32.0 Å². The monoisotopic (exact) mass is 459 g/mol. The van der Waals surface area contributed by atoms with E-state index in [9.17, 15) is 19.2 Å². The summed E-state index contributed by atoms with van der Waals surface area (Å²) in [5.41, 5.74) is 7.45. The van der Waals surface area contributed by atoms with Crippen LogP contribution in [0.3, 0.4) is 0 Å². The molecule has 0 unspecified atom stereocenters. The summed E-state index contributed by atoms with van der Waals surface area (Å²) in [4.78, 5) is 52.1. The highest BCUT2D eigenvalue weighted by atomic mass is 32.2. The molecular formula is C21H21N3O5S2. The number of nitrogens with zero attached hydrogens (tertiary/aromatic N) is 1. The Bertz CT molecular complexity index is 1070. The summed E-state index contributed by atoms with van der Waals surface area (Å²) >= 11 is 2.76. The zero-order valence-corrected chi connectivity index (χ0v) is 18.3. The fourth-order valence-electron chi connectivity index (χ4n) is 3.73. The summed E-state index contributed by atoms with van der Waals surface area (Å²) in [7, 11) is 0. The van der Waals surface area contributed by atoms with Crippen molar-refractivity contribution in [1.29, 1.82) is 0 Å². The highest BCUT2D eigenvalue weighted by molar-refractivity contribution is 8.00. The van der Waals surface area contributed by atoms with E-state index < -0.39 is 24.4 Å². The highest BCUT2D eigenvalue weighted by Gasteiger charge is 2.28. The smallest absolute Gasteiger partial charge is 0.326 e. The predicted octanol–water partition coefficient (Wildman–Crippen LogP) is 2.35. The number of anilines is 2. The number of carbonyl (C=O) groups is 4. The van der Waals surface area contributed by atoms with Crippen molar-refractivity contribution in [2.24, 2.45) is 5.73 Å². The van der Waals surface area contributed by atoms with Gasteiger partial charge in [-0.3, -0.25) is 24.1 Å². The number of esters is 1. The Morgan fingerprint density at radius 1 is 1.16 bits per heavy atom. The van der Waals surface area contributed by atoms with Crippen LogP contribution in [0.15, 0.2) is 29.2 Å². The van der Waals surface area contributed by atoms with E-state index in [2.05, 4.69) is 5.32 Å². The number of para-hydroxylation sites is 1. The van der Waals surface area contributed by atoms with Gasteiger partial charge in [-0.2, -0.15) is 0 Å². The minimum absolute atomic E-state index is 0.194. The number of aryl methyl sites for hydroxylation is 1. The van der Waals surface area contributed by atoms with E-state index in [1.165, 1.54) is 28.0 Å². The average molecular weight is 460 g/mol. The molecule has 0 saturated heterocycles. The number of nitrogens with two attached hydrogens (primary N) is 1. The van der Waals surface area contributed by atoms with E-state index in [4.69, 9.17) is 10.5 Å². The number of hydrogen-bond donors (Lipinski definition) is 2. The van der Waals surface area contributed by atoms with Gasteiger partial charge >= 0.3 is 5.97 Å². The number of benzene rings is 1. The third-order valence-corrected chi connectivity index (χ3v) is 7.39. The summed E-state index contributed by atoms with van der Waals surface area (Å²) in [5, 5.41) is 3.05. The van der Waals surface area contributed by atoms with Crippen LogP contribution in [0.1, 0.15) is 33.6 Å². The molecule has 1 aromatic heterocycles. The van der Waals surface area contributed by atoms with E-state index in [0.29, 0.717) is 16.3 Å². The Morgan fingerprint density at radius 3 is 2.74 bits per heavy atom. The molecule has 1 aliphatic heterocycles. The SMILES string of the molecule is NC(=O)c1c(NC(=O)COC(=O)CN2C(=O)CSc3ccccc32)sc2c1CCCC2. The fourth-order valence-corrected chi connectivity index (χ4v) is 5.97. The molecule has 2 aromatic rings. The van der Waals surface area contributed by atoms with Gasteiger partial charge in [-0.05, 0) is 43.4 Å². The Kier molecular flexibility index (Phi) is 6.28. The summed E-state index contributed by atoms with van der Waals surface area (Å²) in [6.45, 7) is -0.790. The molecule has 0 spiro atoms. The first kappa shape index (κ1) is 21.4. The molecule has 0 saturated carbocycles. The van der Waals surface area contributed by atoms with E-state index in [1.54, 1.807) is 12.1 Å². The normalized spacial score (nSPS) is 15.1. The fraction of sp³-hybridized carbons (Fsp3) is 0.333. The van der Waals surface area contributed by atoms with Crippen LogP contribution in [0.2, 0.25) is 0 Å². The number of hydrogen-bond acceptors (Lipinski definition) is 7. The average Bonchev–Trinajstić information content (AvgIpc) is 3.12. The van der Waals surface area contributed by atoms with Gasteiger partial charge < -0.3 is 15.8 Å². The lowest BCUT2D eigenvalue weighted by Gasteiger charge is -2.27. The summed E-state index contributed by atoms with van der Waals surface area (Å²) in [6.07, 6.45) is 3.63. The molecular weight excluding hydrogens is 438 g/mol. The zero-order chi connectivity index (χ0) is 22.0. The Morgan fingerprint density at radius 2 is 1.94 bits per heavy atom. The van der Waals surface area contributed by atoms with Crippen LogP contribution < -0.4 is 16.0 Å². The number of ether oxygens (including phenoxy) is 1. The second-order valence-corrected chi connectivity index (χ2v) is 9.35. The minimum atomic E-state index is -0.689. The standard InChI is InChI=1S/C21H21N3O5S2/c22-20(28)19-12-5-1-3-7-14(12)31-21(19)23-16(25)10-29-18(27)9-24-13-6-2-4-8-15(13)30-11-17(24)26/h2,4,6,8H,1,3,5,7,9-11H2,(H2,22,28)(H,23,25). The van der Waals surface area contributed by atoms with Gasteiger partial charge in [-0.1, -0.05) is 12.1 Å². The molecule has 1 aromatic carbocycles. The van der Waals surface area contributed by atoms with Gasteiger partial charge in [0.25, 0.3) is 11.8 Å². The van der Waals surface area contributed by atoms with E-state index in [0.717, 1.165) is 41.0 Å².